The first kappa shape index (κ1) is 19.2. The lowest BCUT2D eigenvalue weighted by Crippen LogP contribution is -2.28. The molecule has 0 saturated heterocycles. The Bertz CT molecular complexity index is 1280. The molecule has 0 aliphatic heterocycles. The molecule has 0 atom stereocenters. The zero-order valence-corrected chi connectivity index (χ0v) is 16.4. The van der Waals surface area contributed by atoms with Crippen molar-refractivity contribution in [3.05, 3.63) is 75.4 Å². The number of hydrogen-bond donors (Lipinski definition) is 1. The van der Waals surface area contributed by atoms with Gasteiger partial charge in [0.05, 0.1) is 29.7 Å². The van der Waals surface area contributed by atoms with Crippen molar-refractivity contribution in [3.8, 4) is 11.5 Å². The van der Waals surface area contributed by atoms with Gasteiger partial charge < -0.3 is 9.40 Å². The molecule has 0 amide bonds. The maximum atomic E-state index is 14.0. The van der Waals surface area contributed by atoms with Crippen LogP contribution in [-0.4, -0.2) is 31.2 Å². The van der Waals surface area contributed by atoms with Crippen LogP contribution in [0.5, 0.6) is 0 Å². The van der Waals surface area contributed by atoms with E-state index in [4.69, 9.17) is 16.6 Å². The third-order valence-corrected chi connectivity index (χ3v) is 4.82. The molecule has 0 aliphatic carbocycles. The predicted molar refractivity (Wildman–Crippen MR) is 109 cm³/mol. The van der Waals surface area contributed by atoms with Crippen molar-refractivity contribution in [3.63, 3.8) is 0 Å². The summed E-state index contributed by atoms with van der Waals surface area (Å²) in [6.07, 6.45) is 0. The van der Waals surface area contributed by atoms with Gasteiger partial charge in [0, 0.05) is 0 Å². The molecule has 0 spiro atoms. The summed E-state index contributed by atoms with van der Waals surface area (Å²) in [6.45, 7) is 3.32. The smallest absolute Gasteiger partial charge is 0.288 e. The van der Waals surface area contributed by atoms with Gasteiger partial charge in [0.1, 0.15) is 11.6 Å². The number of aromatic amines is 1. The van der Waals surface area contributed by atoms with E-state index in [0.717, 1.165) is 0 Å². The average Bonchev–Trinajstić information content (AvgIpc) is 3.08. The predicted octanol–water partition coefficient (Wildman–Crippen LogP) is 3.73. The molecule has 2 aromatic heterocycles. The van der Waals surface area contributed by atoms with Gasteiger partial charge in [0.25, 0.3) is 10.4 Å². The van der Waals surface area contributed by atoms with Gasteiger partial charge in [0.2, 0.25) is 5.89 Å². The van der Waals surface area contributed by atoms with Gasteiger partial charge >= 0.3 is 0 Å². The third-order valence-electron chi connectivity index (χ3n) is 4.53. The fourth-order valence-corrected chi connectivity index (χ4v) is 3.19. The number of H-pyrrole nitrogens is 1. The number of para-hydroxylation sites is 1. The molecule has 4 aromatic rings. The number of fused-ring (bicyclic) bond motifs is 1. The highest BCUT2D eigenvalue weighted by Gasteiger charge is 2.15. The number of hydrogen-bond acceptors (Lipinski definition) is 6. The number of benzene rings is 2. The first-order chi connectivity index (χ1) is 14.0. The van der Waals surface area contributed by atoms with E-state index in [1.807, 2.05) is 17.9 Å². The summed E-state index contributed by atoms with van der Waals surface area (Å²) in [5.41, 5.74) is 0.713. The SMILES string of the molecule is CCN(Cc1nc2ccccc2c(=O)[nH]1)Cn1nc(-c2ccccc2F)oc1=S. The highest BCUT2D eigenvalue weighted by atomic mass is 32.1. The fourth-order valence-electron chi connectivity index (χ4n) is 3.01. The zero-order valence-electron chi connectivity index (χ0n) is 15.6. The molecular weight excluding hydrogens is 393 g/mol. The second kappa shape index (κ2) is 8.06. The maximum absolute atomic E-state index is 14.0. The van der Waals surface area contributed by atoms with Crippen LogP contribution in [0.1, 0.15) is 12.7 Å². The molecule has 148 valence electrons. The van der Waals surface area contributed by atoms with E-state index in [1.165, 1.54) is 10.7 Å². The van der Waals surface area contributed by atoms with E-state index in [2.05, 4.69) is 15.1 Å². The minimum atomic E-state index is -0.429. The quantitative estimate of drug-likeness (QED) is 0.487. The molecule has 0 unspecified atom stereocenters. The van der Waals surface area contributed by atoms with Crippen molar-refractivity contribution in [1.82, 2.24) is 24.6 Å². The van der Waals surface area contributed by atoms with Crippen LogP contribution in [0.25, 0.3) is 22.4 Å². The van der Waals surface area contributed by atoms with Gasteiger partial charge in [-0.3, -0.25) is 9.69 Å². The van der Waals surface area contributed by atoms with Gasteiger partial charge in [-0.05, 0) is 43.0 Å². The normalized spacial score (nSPS) is 11.4. The highest BCUT2D eigenvalue weighted by molar-refractivity contribution is 7.71. The number of halogens is 1. The highest BCUT2D eigenvalue weighted by Crippen LogP contribution is 2.21. The van der Waals surface area contributed by atoms with E-state index in [0.29, 0.717) is 36.5 Å². The van der Waals surface area contributed by atoms with Gasteiger partial charge in [0.15, 0.2) is 0 Å². The Morgan fingerprint density at radius 2 is 1.97 bits per heavy atom. The van der Waals surface area contributed by atoms with Crippen LogP contribution in [0.15, 0.2) is 57.7 Å². The summed E-state index contributed by atoms with van der Waals surface area (Å²) >= 11 is 5.24. The van der Waals surface area contributed by atoms with Crippen molar-refractivity contribution >= 4 is 23.1 Å². The Kier molecular flexibility index (Phi) is 5.32. The summed E-state index contributed by atoms with van der Waals surface area (Å²) in [7, 11) is 0. The first-order valence-corrected chi connectivity index (χ1v) is 9.49. The molecule has 0 saturated carbocycles. The van der Waals surface area contributed by atoms with E-state index < -0.39 is 5.82 Å². The Morgan fingerprint density at radius 3 is 2.76 bits per heavy atom. The molecule has 0 fully saturated rings. The lowest BCUT2D eigenvalue weighted by Gasteiger charge is -2.19. The number of nitrogens with one attached hydrogen (secondary N) is 1. The standard InChI is InChI=1S/C20H18FN5O2S/c1-2-25(11-17-22-16-10-6-4-8-14(16)18(27)23-17)12-26-20(29)28-19(24-26)13-7-3-5-9-15(13)21/h3-10H,2,11-12H2,1H3,(H,22,23,27). The van der Waals surface area contributed by atoms with Crippen LogP contribution in [0.3, 0.4) is 0 Å². The Hall–Kier alpha value is -3.17. The zero-order chi connectivity index (χ0) is 20.4. The largest absolute Gasteiger partial charge is 0.409 e. The van der Waals surface area contributed by atoms with Crippen LogP contribution >= 0.6 is 12.2 Å². The minimum absolute atomic E-state index is 0.126. The average molecular weight is 411 g/mol. The van der Waals surface area contributed by atoms with E-state index in [1.54, 1.807) is 36.4 Å². The lowest BCUT2D eigenvalue weighted by molar-refractivity contribution is 0.200. The summed E-state index contributed by atoms with van der Waals surface area (Å²) in [5.74, 6) is 0.238. The van der Waals surface area contributed by atoms with E-state index in [9.17, 15) is 9.18 Å². The Balaban J connectivity index is 1.58. The van der Waals surface area contributed by atoms with Crippen molar-refractivity contribution < 1.29 is 8.81 Å². The molecule has 9 heteroatoms. The lowest BCUT2D eigenvalue weighted by atomic mass is 10.2. The van der Waals surface area contributed by atoms with Crippen LogP contribution < -0.4 is 5.56 Å². The fraction of sp³-hybridized carbons (Fsp3) is 0.200. The van der Waals surface area contributed by atoms with Crippen molar-refractivity contribution in [2.45, 2.75) is 20.1 Å². The molecule has 29 heavy (non-hydrogen) atoms. The Morgan fingerprint density at radius 1 is 1.21 bits per heavy atom. The van der Waals surface area contributed by atoms with Gasteiger partial charge in [-0.2, -0.15) is 0 Å². The van der Waals surface area contributed by atoms with Gasteiger partial charge in [-0.1, -0.05) is 31.2 Å². The molecule has 2 aromatic carbocycles. The molecule has 0 aliphatic rings. The molecule has 0 radical (unpaired) electrons. The van der Waals surface area contributed by atoms with Crippen molar-refractivity contribution in [2.24, 2.45) is 0 Å². The van der Waals surface area contributed by atoms with Crippen LogP contribution in [-0.2, 0) is 13.2 Å². The topological polar surface area (TPSA) is 80.0 Å². The second-order valence-electron chi connectivity index (χ2n) is 6.47. The monoisotopic (exact) mass is 411 g/mol. The maximum Gasteiger partial charge on any atom is 0.288 e. The molecule has 4 rings (SSSR count). The minimum Gasteiger partial charge on any atom is -0.409 e. The molecule has 7 nitrogen and oxygen atoms in total. The molecule has 2 heterocycles. The first-order valence-electron chi connectivity index (χ1n) is 9.08. The van der Waals surface area contributed by atoms with E-state index in [-0.39, 0.29) is 21.9 Å². The number of nitrogens with zero attached hydrogens (tertiary/aromatic N) is 4. The molecule has 1 N–H and O–H groups in total. The van der Waals surface area contributed by atoms with Crippen molar-refractivity contribution in [2.75, 3.05) is 6.54 Å². The van der Waals surface area contributed by atoms with Crippen LogP contribution in [0, 0.1) is 10.7 Å². The number of aromatic nitrogens is 4. The van der Waals surface area contributed by atoms with Crippen LogP contribution in [0.2, 0.25) is 0 Å². The molecule has 0 bridgehead atoms. The van der Waals surface area contributed by atoms with Gasteiger partial charge in [-0.15, -0.1) is 5.10 Å². The van der Waals surface area contributed by atoms with Crippen molar-refractivity contribution in [1.29, 1.82) is 0 Å². The van der Waals surface area contributed by atoms with E-state index >= 15 is 0 Å². The van der Waals surface area contributed by atoms with Crippen LogP contribution in [0.4, 0.5) is 4.39 Å². The van der Waals surface area contributed by atoms with Gasteiger partial charge in [-0.25, -0.2) is 14.1 Å². The second-order valence-corrected chi connectivity index (χ2v) is 6.82. The summed E-state index contributed by atoms with van der Waals surface area (Å²) in [5, 5.41) is 4.86. The summed E-state index contributed by atoms with van der Waals surface area (Å²) in [4.78, 5) is 21.7. The summed E-state index contributed by atoms with van der Waals surface area (Å²) < 4.78 is 21.0. The Labute approximate surface area is 170 Å². The molecular formula is C20H18FN5O2S. The third kappa shape index (κ3) is 4.01. The number of rotatable bonds is 6. The summed E-state index contributed by atoms with van der Waals surface area (Å²) in [6, 6.07) is 13.4.